The number of H-pyrrole nitrogens is 1. The molecule has 1 unspecified atom stereocenters. The lowest BCUT2D eigenvalue weighted by Gasteiger charge is -2.19. The molecule has 0 spiro atoms. The summed E-state index contributed by atoms with van der Waals surface area (Å²) in [6, 6.07) is 19.1. The van der Waals surface area contributed by atoms with Gasteiger partial charge in [-0.3, -0.25) is 4.79 Å². The van der Waals surface area contributed by atoms with Crippen molar-refractivity contribution in [3.8, 4) is 22.8 Å². The van der Waals surface area contributed by atoms with E-state index in [-0.39, 0.29) is 24.5 Å². The van der Waals surface area contributed by atoms with E-state index in [1.807, 2.05) is 32.0 Å². The molecule has 1 atom stereocenters. The van der Waals surface area contributed by atoms with Gasteiger partial charge in [-0.15, -0.1) is 0 Å². The average Bonchev–Trinajstić information content (AvgIpc) is 3.45. The van der Waals surface area contributed by atoms with Gasteiger partial charge in [0.05, 0.1) is 25.3 Å². The van der Waals surface area contributed by atoms with Gasteiger partial charge in [0.15, 0.2) is 0 Å². The second kappa shape index (κ2) is 12.9. The van der Waals surface area contributed by atoms with Crippen LogP contribution in [0.5, 0.6) is 11.5 Å². The Morgan fingerprint density at radius 3 is 2.39 bits per heavy atom. The molecule has 0 amide bonds. The summed E-state index contributed by atoms with van der Waals surface area (Å²) < 4.78 is 54.0. The first kappa shape index (κ1) is 32.0. The second-order valence-corrected chi connectivity index (χ2v) is 10.7. The van der Waals surface area contributed by atoms with Gasteiger partial charge in [-0.1, -0.05) is 23.8 Å². The molecule has 5 aromatic rings. The zero-order valence-electron chi connectivity index (χ0n) is 24.7. The summed E-state index contributed by atoms with van der Waals surface area (Å²) in [7, 11) is 0. The molecule has 0 fully saturated rings. The van der Waals surface area contributed by atoms with E-state index in [1.165, 1.54) is 16.7 Å². The van der Waals surface area contributed by atoms with E-state index >= 15 is 0 Å². The molecule has 0 aliphatic rings. The zero-order valence-corrected chi connectivity index (χ0v) is 24.7. The van der Waals surface area contributed by atoms with Crippen molar-refractivity contribution >= 4 is 22.6 Å². The molecule has 0 radical (unpaired) electrons. The van der Waals surface area contributed by atoms with Crippen molar-refractivity contribution in [3.05, 3.63) is 123 Å². The maximum atomic E-state index is 14.0. The number of aliphatic hydroxyl groups is 2. The molecule has 2 aromatic heterocycles. The van der Waals surface area contributed by atoms with Crippen molar-refractivity contribution in [1.29, 1.82) is 0 Å². The smallest absolute Gasteiger partial charge is 0.407 e. The van der Waals surface area contributed by atoms with Gasteiger partial charge in [-0.25, -0.2) is 9.64 Å². The summed E-state index contributed by atoms with van der Waals surface area (Å²) in [5.74, 6) is 0.0478. The molecule has 2 heterocycles. The second-order valence-electron chi connectivity index (χ2n) is 10.7. The van der Waals surface area contributed by atoms with E-state index in [4.69, 9.17) is 21.2 Å². The molecule has 0 bridgehead atoms. The van der Waals surface area contributed by atoms with Crippen LogP contribution in [0.3, 0.4) is 0 Å². The minimum atomic E-state index is -4.91. The Morgan fingerprint density at radius 2 is 1.74 bits per heavy atom. The summed E-state index contributed by atoms with van der Waals surface area (Å²) in [5, 5.41) is 18.9. The number of ether oxygens (including phenoxy) is 2. The summed E-state index contributed by atoms with van der Waals surface area (Å²) in [4.78, 5) is 31.5. The largest absolute Gasteiger partial charge is 0.458 e. The number of alkyl halides is 3. The Bertz CT molecular complexity index is 2020. The summed E-state index contributed by atoms with van der Waals surface area (Å²) >= 11 is 0. The topological polar surface area (TPSA) is 118 Å². The summed E-state index contributed by atoms with van der Waals surface area (Å²) in [6.45, 7) is 10.1. The fraction of sp³-hybridized carbons (Fsp3) is 0.206. The van der Waals surface area contributed by atoms with Gasteiger partial charge in [-0.05, 0) is 85.1 Å². The molecule has 12 heteroatoms. The van der Waals surface area contributed by atoms with Crippen molar-refractivity contribution in [1.82, 2.24) is 9.55 Å². The maximum absolute atomic E-state index is 14.0. The van der Waals surface area contributed by atoms with E-state index < -0.39 is 41.7 Å². The Balaban J connectivity index is 1.45. The number of halogens is 3. The molecule has 46 heavy (non-hydrogen) atoms. The summed E-state index contributed by atoms with van der Waals surface area (Å²) in [6.07, 6.45) is -6.10. The minimum absolute atomic E-state index is 0.00378. The van der Waals surface area contributed by atoms with Crippen molar-refractivity contribution < 1.29 is 37.7 Å². The molecule has 236 valence electrons. The van der Waals surface area contributed by atoms with Crippen molar-refractivity contribution in [3.63, 3.8) is 0 Å². The number of aromatic nitrogens is 2. The average molecular weight is 632 g/mol. The molecule has 0 saturated carbocycles. The minimum Gasteiger partial charge on any atom is -0.458 e. The molecule has 0 aliphatic heterocycles. The van der Waals surface area contributed by atoms with Gasteiger partial charge in [0.1, 0.15) is 29.9 Å². The Kier molecular flexibility index (Phi) is 9.00. The fourth-order valence-electron chi connectivity index (χ4n) is 4.97. The molecule has 9 nitrogen and oxygen atoms in total. The van der Waals surface area contributed by atoms with Gasteiger partial charge in [0.2, 0.25) is 0 Å². The predicted octanol–water partition coefficient (Wildman–Crippen LogP) is 6.53. The van der Waals surface area contributed by atoms with Crippen molar-refractivity contribution in [2.24, 2.45) is 0 Å². The van der Waals surface area contributed by atoms with E-state index in [9.17, 15) is 27.9 Å². The standard InChI is InChI=1S/C34H28F3N3O6/c1-19-4-5-22(20(2)12-19)16-40-30(15-27(34(35,36)37)31(38-3)32(40)43)21-6-8-25(9-7-21)46-26-10-11-28-23(13-26)14-29(39-28)33(44)45-18-24(42)17-41/h4-15,24,39,41-42H,16-18H2,1-2H3. The number of rotatable bonds is 9. The lowest BCUT2D eigenvalue weighted by molar-refractivity contribution is -0.136. The molecule has 0 aliphatic carbocycles. The molecule has 3 aromatic carbocycles. The van der Waals surface area contributed by atoms with Gasteiger partial charge in [0.25, 0.3) is 11.2 Å². The van der Waals surface area contributed by atoms with Crippen LogP contribution in [0.25, 0.3) is 27.0 Å². The Labute approximate surface area is 260 Å². The van der Waals surface area contributed by atoms with Crippen LogP contribution in [0.4, 0.5) is 18.9 Å². The number of carbonyl (C=O) groups is 1. The first-order valence-electron chi connectivity index (χ1n) is 14.0. The molecular formula is C34H28F3N3O6. The lowest BCUT2D eigenvalue weighted by atomic mass is 10.0. The lowest BCUT2D eigenvalue weighted by Crippen LogP contribution is -2.25. The van der Waals surface area contributed by atoms with Crippen molar-refractivity contribution in [2.45, 2.75) is 32.7 Å². The number of aromatic amines is 1. The van der Waals surface area contributed by atoms with E-state index in [0.29, 0.717) is 28.0 Å². The van der Waals surface area contributed by atoms with Crippen LogP contribution in [0, 0.1) is 20.4 Å². The van der Waals surface area contributed by atoms with Crippen LogP contribution in [-0.4, -0.2) is 45.1 Å². The number of benzene rings is 3. The van der Waals surface area contributed by atoms with Crippen LogP contribution in [0.2, 0.25) is 0 Å². The van der Waals surface area contributed by atoms with Gasteiger partial charge in [-0.2, -0.15) is 13.2 Å². The molecule has 3 N–H and O–H groups in total. The van der Waals surface area contributed by atoms with Crippen LogP contribution in [-0.2, 0) is 17.5 Å². The number of nitrogens with zero attached hydrogens (tertiary/aromatic N) is 2. The van der Waals surface area contributed by atoms with Gasteiger partial charge < -0.3 is 29.2 Å². The van der Waals surface area contributed by atoms with E-state index in [2.05, 4.69) is 9.83 Å². The third-order valence-corrected chi connectivity index (χ3v) is 7.33. The Hall–Kier alpha value is -5.38. The normalized spacial score (nSPS) is 12.1. The van der Waals surface area contributed by atoms with E-state index in [1.54, 1.807) is 36.4 Å². The van der Waals surface area contributed by atoms with Crippen LogP contribution < -0.4 is 10.3 Å². The number of aryl methyl sites for hydroxylation is 2. The zero-order chi connectivity index (χ0) is 33.2. The highest BCUT2D eigenvalue weighted by molar-refractivity contribution is 5.95. The molecule has 5 rings (SSSR count). The predicted molar refractivity (Wildman–Crippen MR) is 164 cm³/mol. The molecular weight excluding hydrogens is 603 g/mol. The third kappa shape index (κ3) is 6.81. The quantitative estimate of drug-likeness (QED) is 0.126. The Morgan fingerprint density at radius 1 is 1.02 bits per heavy atom. The highest BCUT2D eigenvalue weighted by Gasteiger charge is 2.36. The number of fused-ring (bicyclic) bond motifs is 1. The van der Waals surface area contributed by atoms with Crippen molar-refractivity contribution in [2.75, 3.05) is 13.2 Å². The number of esters is 1. The summed E-state index contributed by atoms with van der Waals surface area (Å²) in [5.41, 5.74) is 0.312. The number of hydrogen-bond donors (Lipinski definition) is 3. The first-order chi connectivity index (χ1) is 21.9. The number of carbonyl (C=O) groups excluding carboxylic acids is 1. The maximum Gasteiger partial charge on any atom is 0.407 e. The third-order valence-electron chi connectivity index (χ3n) is 7.33. The highest BCUT2D eigenvalue weighted by Crippen LogP contribution is 2.38. The highest BCUT2D eigenvalue weighted by atomic mass is 19.4. The first-order valence-corrected chi connectivity index (χ1v) is 14.0. The van der Waals surface area contributed by atoms with Gasteiger partial charge >= 0.3 is 12.1 Å². The van der Waals surface area contributed by atoms with Crippen LogP contribution in [0.15, 0.2) is 77.6 Å². The number of pyridine rings is 1. The van der Waals surface area contributed by atoms with Gasteiger partial charge in [0, 0.05) is 16.6 Å². The van der Waals surface area contributed by atoms with E-state index in [0.717, 1.165) is 22.8 Å². The van der Waals surface area contributed by atoms with Crippen LogP contribution >= 0.6 is 0 Å². The number of nitrogens with one attached hydrogen (secondary N) is 1. The SMILES string of the molecule is [C-]#[N+]c1c(C(F)(F)F)cc(-c2ccc(Oc3ccc4[nH]c(C(=O)OCC(O)CO)cc4c3)cc2)n(Cc2ccc(C)cc2C)c1=O. The fourth-order valence-corrected chi connectivity index (χ4v) is 4.97. The number of hydrogen-bond acceptors (Lipinski definition) is 6. The molecule has 0 saturated heterocycles. The number of aliphatic hydroxyl groups excluding tert-OH is 2. The van der Waals surface area contributed by atoms with Crippen LogP contribution in [0.1, 0.15) is 32.7 Å². The monoisotopic (exact) mass is 631 g/mol.